The van der Waals surface area contributed by atoms with Crippen LogP contribution in [0.3, 0.4) is 0 Å². The van der Waals surface area contributed by atoms with Gasteiger partial charge in [0.1, 0.15) is 5.75 Å². The summed E-state index contributed by atoms with van der Waals surface area (Å²) in [5.41, 5.74) is 0.283. The lowest BCUT2D eigenvalue weighted by atomic mass is 10.2. The van der Waals surface area contributed by atoms with Gasteiger partial charge in [-0.2, -0.15) is 22.0 Å². The van der Waals surface area contributed by atoms with E-state index in [0.29, 0.717) is 0 Å². The lowest BCUT2D eigenvalue weighted by Gasteiger charge is -2.20. The Hall–Kier alpha value is -1.33. The van der Waals surface area contributed by atoms with E-state index in [1.54, 1.807) is 0 Å². The van der Waals surface area contributed by atoms with E-state index in [1.807, 2.05) is 0 Å². The Morgan fingerprint density at radius 1 is 1.07 bits per heavy atom. The Morgan fingerprint density at radius 3 is 2.13 bits per heavy atom. The highest BCUT2D eigenvalue weighted by Crippen LogP contribution is 2.37. The van der Waals surface area contributed by atoms with Gasteiger partial charge < -0.3 is 4.74 Å². The number of alkyl halides is 5. The van der Waals surface area contributed by atoms with E-state index in [1.165, 1.54) is 12.1 Å². The first-order valence-corrected chi connectivity index (χ1v) is 3.78. The summed E-state index contributed by atoms with van der Waals surface area (Å²) >= 11 is 0. The van der Waals surface area contributed by atoms with Crippen molar-refractivity contribution >= 4 is 0 Å². The molecule has 0 N–H and O–H groups in total. The third-order valence-electron chi connectivity index (χ3n) is 1.47. The second-order valence-electron chi connectivity index (χ2n) is 2.76. The van der Waals surface area contributed by atoms with Crippen molar-refractivity contribution in [2.45, 2.75) is 12.3 Å². The van der Waals surface area contributed by atoms with Crippen molar-refractivity contribution in [3.05, 3.63) is 36.8 Å². The molecule has 0 aliphatic rings. The summed E-state index contributed by atoms with van der Waals surface area (Å²) < 4.78 is 63.5. The highest BCUT2D eigenvalue weighted by Gasteiger charge is 2.61. The number of ether oxygens (including phenoxy) is 1. The molecular weight excluding hydrogens is 219 g/mol. The van der Waals surface area contributed by atoms with Crippen LogP contribution in [0.2, 0.25) is 0 Å². The minimum atomic E-state index is -5.73. The summed E-state index contributed by atoms with van der Waals surface area (Å²) in [6.07, 6.45) is -10.9. The summed E-state index contributed by atoms with van der Waals surface area (Å²) in [5.74, 6) is -0.579. The molecule has 0 fully saturated rings. The van der Waals surface area contributed by atoms with Crippen molar-refractivity contribution < 1.29 is 26.7 Å². The molecule has 1 radical (unpaired) electrons. The molecule has 0 amide bonds. The van der Waals surface area contributed by atoms with Crippen LogP contribution in [-0.4, -0.2) is 12.3 Å². The van der Waals surface area contributed by atoms with Crippen molar-refractivity contribution in [2.75, 3.05) is 0 Å². The molecule has 1 rings (SSSR count). The zero-order chi connectivity index (χ0) is 11.7. The molecule has 0 unspecified atom stereocenters. The van der Waals surface area contributed by atoms with Gasteiger partial charge in [-0.25, -0.2) is 0 Å². The third kappa shape index (κ3) is 2.81. The van der Waals surface area contributed by atoms with Crippen molar-refractivity contribution in [3.8, 4) is 5.75 Å². The molecule has 0 saturated heterocycles. The number of benzene rings is 1. The fourth-order valence-electron chi connectivity index (χ4n) is 0.815. The second-order valence-corrected chi connectivity index (χ2v) is 2.76. The fourth-order valence-corrected chi connectivity index (χ4v) is 0.815. The van der Waals surface area contributed by atoms with Gasteiger partial charge in [0.2, 0.25) is 0 Å². The second kappa shape index (κ2) is 3.67. The normalized spacial score (nSPS) is 12.7. The highest BCUT2D eigenvalue weighted by atomic mass is 19.4. The topological polar surface area (TPSA) is 9.23 Å². The minimum absolute atomic E-state index is 0.283. The van der Waals surface area contributed by atoms with Crippen LogP contribution >= 0.6 is 0 Å². The van der Waals surface area contributed by atoms with Crippen LogP contribution in [-0.2, 0) is 0 Å². The maximum Gasteiger partial charge on any atom is 0.499 e. The van der Waals surface area contributed by atoms with Crippen molar-refractivity contribution in [1.29, 1.82) is 0 Å². The Balaban J connectivity index is 2.87. The zero-order valence-corrected chi connectivity index (χ0v) is 7.31. The van der Waals surface area contributed by atoms with Crippen LogP contribution < -0.4 is 4.74 Å². The molecule has 0 saturated carbocycles. The molecule has 1 nitrogen and oxygen atoms in total. The van der Waals surface area contributed by atoms with E-state index in [2.05, 4.69) is 11.7 Å². The maximum atomic E-state index is 12.4. The summed E-state index contributed by atoms with van der Waals surface area (Å²) in [6, 6.07) is 4.69. The van der Waals surface area contributed by atoms with Gasteiger partial charge >= 0.3 is 12.3 Å². The molecule has 0 aliphatic carbocycles. The monoisotopic (exact) mass is 225 g/mol. The standard InChI is InChI=1S/C9H6F5O/c1-6-3-2-4-7(5-6)15-9(13,14)8(10,11)12/h2-5H,1H2. The number of halogens is 5. The van der Waals surface area contributed by atoms with Gasteiger partial charge in [-0.1, -0.05) is 12.1 Å². The first kappa shape index (κ1) is 11.7. The quantitative estimate of drug-likeness (QED) is 0.701. The smallest absolute Gasteiger partial charge is 0.426 e. The van der Waals surface area contributed by atoms with Crippen molar-refractivity contribution in [3.63, 3.8) is 0 Å². The largest absolute Gasteiger partial charge is 0.499 e. The van der Waals surface area contributed by atoms with Gasteiger partial charge in [-0.15, -0.1) is 0 Å². The van der Waals surface area contributed by atoms with E-state index >= 15 is 0 Å². The van der Waals surface area contributed by atoms with Gasteiger partial charge in [-0.05, 0) is 24.6 Å². The molecule has 1 aromatic carbocycles. The molecule has 0 spiro atoms. The van der Waals surface area contributed by atoms with Gasteiger partial charge in [-0.3, -0.25) is 0 Å². The van der Waals surface area contributed by atoms with Gasteiger partial charge in [0, 0.05) is 0 Å². The van der Waals surface area contributed by atoms with E-state index in [9.17, 15) is 22.0 Å². The summed E-state index contributed by atoms with van der Waals surface area (Å²) in [4.78, 5) is 0. The summed E-state index contributed by atoms with van der Waals surface area (Å²) in [5, 5.41) is 0. The van der Waals surface area contributed by atoms with Crippen molar-refractivity contribution in [1.82, 2.24) is 0 Å². The Kier molecular flexibility index (Phi) is 2.88. The Morgan fingerprint density at radius 2 is 1.67 bits per heavy atom. The maximum absolute atomic E-state index is 12.4. The fraction of sp³-hybridized carbons (Fsp3) is 0.222. The van der Waals surface area contributed by atoms with Gasteiger partial charge in [0.15, 0.2) is 0 Å². The molecule has 0 atom stereocenters. The predicted molar refractivity (Wildman–Crippen MR) is 42.5 cm³/mol. The van der Waals surface area contributed by atoms with E-state index in [-0.39, 0.29) is 5.56 Å². The molecule has 83 valence electrons. The third-order valence-corrected chi connectivity index (χ3v) is 1.47. The SMILES string of the molecule is [CH2]c1cccc(OC(F)(F)C(F)(F)F)c1. The number of rotatable bonds is 2. The van der Waals surface area contributed by atoms with E-state index in [4.69, 9.17) is 0 Å². The first-order chi connectivity index (χ1) is 6.72. The molecule has 0 bridgehead atoms. The van der Waals surface area contributed by atoms with Crippen LogP contribution in [0, 0.1) is 6.92 Å². The average Bonchev–Trinajstić information content (AvgIpc) is 2.00. The van der Waals surface area contributed by atoms with Gasteiger partial charge in [0.05, 0.1) is 0 Å². The molecule has 0 aromatic heterocycles. The minimum Gasteiger partial charge on any atom is -0.426 e. The zero-order valence-electron chi connectivity index (χ0n) is 7.31. The average molecular weight is 225 g/mol. The Labute approximate surface area is 82.5 Å². The molecule has 15 heavy (non-hydrogen) atoms. The molecule has 6 heteroatoms. The van der Waals surface area contributed by atoms with Crippen LogP contribution in [0.1, 0.15) is 5.56 Å². The molecule has 0 heterocycles. The molecule has 0 aliphatic heterocycles. The lowest BCUT2D eigenvalue weighted by molar-refractivity contribution is -0.360. The number of hydrogen-bond donors (Lipinski definition) is 0. The van der Waals surface area contributed by atoms with Crippen LogP contribution in [0.25, 0.3) is 0 Å². The Bertz CT molecular complexity index is 345. The summed E-state index contributed by atoms with van der Waals surface area (Å²) in [6.45, 7) is 3.37. The van der Waals surface area contributed by atoms with Crippen molar-refractivity contribution in [2.24, 2.45) is 0 Å². The summed E-state index contributed by atoms with van der Waals surface area (Å²) in [7, 11) is 0. The van der Waals surface area contributed by atoms with Crippen LogP contribution in [0.4, 0.5) is 22.0 Å². The van der Waals surface area contributed by atoms with E-state index < -0.39 is 18.0 Å². The first-order valence-electron chi connectivity index (χ1n) is 3.78. The molecule has 1 aromatic rings. The highest BCUT2D eigenvalue weighted by molar-refractivity contribution is 5.30. The lowest BCUT2D eigenvalue weighted by Crippen LogP contribution is -2.41. The number of hydrogen-bond acceptors (Lipinski definition) is 1. The van der Waals surface area contributed by atoms with E-state index in [0.717, 1.165) is 12.1 Å². The molecular formula is C9H6F5O. The van der Waals surface area contributed by atoms with Gasteiger partial charge in [0.25, 0.3) is 0 Å². The van der Waals surface area contributed by atoms with Crippen LogP contribution in [0.5, 0.6) is 5.75 Å². The van der Waals surface area contributed by atoms with Crippen LogP contribution in [0.15, 0.2) is 24.3 Å². The predicted octanol–water partition coefficient (Wildman–Crippen LogP) is 3.40.